The van der Waals surface area contributed by atoms with Crippen LogP contribution in [0.5, 0.6) is 11.5 Å². The summed E-state index contributed by atoms with van der Waals surface area (Å²) in [6, 6.07) is 7.95. The van der Waals surface area contributed by atoms with Gasteiger partial charge in [0.2, 0.25) is 0 Å². The molecular formula is C18H16ClN3O8. The molecule has 0 fully saturated rings. The third-order valence-electron chi connectivity index (χ3n) is 3.67. The lowest BCUT2D eigenvalue weighted by molar-refractivity contribution is -0.385. The Labute approximate surface area is 175 Å². The van der Waals surface area contributed by atoms with E-state index >= 15 is 0 Å². The average molecular weight is 438 g/mol. The Hall–Kier alpha value is -3.86. The number of rotatable bonds is 7. The molecule has 2 rings (SSSR count). The Balaban J connectivity index is 1.99. The number of hydrogen-bond acceptors (Lipinski definition) is 8. The van der Waals surface area contributed by atoms with Crippen LogP contribution in [0.15, 0.2) is 36.4 Å². The Morgan fingerprint density at radius 2 is 1.63 bits per heavy atom. The predicted octanol–water partition coefficient (Wildman–Crippen LogP) is 1.88. The first-order valence-corrected chi connectivity index (χ1v) is 8.57. The molecular weight excluding hydrogens is 422 g/mol. The van der Waals surface area contributed by atoms with Crippen molar-refractivity contribution >= 4 is 35.1 Å². The van der Waals surface area contributed by atoms with Gasteiger partial charge in [-0.05, 0) is 24.3 Å². The summed E-state index contributed by atoms with van der Waals surface area (Å²) in [4.78, 5) is 46.4. The summed E-state index contributed by atoms with van der Waals surface area (Å²) >= 11 is 5.72. The zero-order valence-electron chi connectivity index (χ0n) is 15.8. The van der Waals surface area contributed by atoms with Gasteiger partial charge in [0, 0.05) is 16.7 Å². The zero-order valence-corrected chi connectivity index (χ0v) is 16.5. The number of hydrazine groups is 1. The minimum atomic E-state index is -1.14. The molecule has 0 saturated carbocycles. The third kappa shape index (κ3) is 5.58. The van der Waals surface area contributed by atoms with Crippen molar-refractivity contribution in [3.8, 4) is 11.5 Å². The van der Waals surface area contributed by atoms with Crippen LogP contribution in [0.2, 0.25) is 5.02 Å². The van der Waals surface area contributed by atoms with Crippen LogP contribution in [0.3, 0.4) is 0 Å². The highest BCUT2D eigenvalue weighted by atomic mass is 35.5. The molecule has 2 aromatic carbocycles. The quantitative estimate of drug-likeness (QED) is 0.379. The van der Waals surface area contributed by atoms with Crippen molar-refractivity contribution in [2.75, 3.05) is 20.8 Å². The molecule has 2 aromatic rings. The van der Waals surface area contributed by atoms with Crippen LogP contribution in [0.4, 0.5) is 5.69 Å². The summed E-state index contributed by atoms with van der Waals surface area (Å²) in [6.45, 7) is -0.800. The second kappa shape index (κ2) is 10.1. The largest absolute Gasteiger partial charge is 0.493 e. The fraction of sp³-hybridized carbons (Fsp3) is 0.167. The van der Waals surface area contributed by atoms with Crippen LogP contribution in [-0.4, -0.2) is 43.5 Å². The van der Waals surface area contributed by atoms with E-state index in [1.807, 2.05) is 0 Å². The molecule has 0 heterocycles. The highest BCUT2D eigenvalue weighted by Gasteiger charge is 2.26. The number of esters is 1. The molecule has 0 saturated heterocycles. The lowest BCUT2D eigenvalue weighted by atomic mass is 10.1. The highest BCUT2D eigenvalue weighted by Crippen LogP contribution is 2.34. The summed E-state index contributed by atoms with van der Waals surface area (Å²) in [5.41, 5.74) is 3.39. The summed E-state index contributed by atoms with van der Waals surface area (Å²) < 4.78 is 14.8. The summed E-state index contributed by atoms with van der Waals surface area (Å²) in [5.74, 6) is -2.52. The SMILES string of the molecule is COc1cc(C(=O)OCC(=O)NNC(=O)c2ccc(Cl)cc2)c([N+](=O)[O-])cc1OC. The van der Waals surface area contributed by atoms with Gasteiger partial charge in [0.05, 0.1) is 25.2 Å². The van der Waals surface area contributed by atoms with Gasteiger partial charge in [0.25, 0.3) is 17.5 Å². The van der Waals surface area contributed by atoms with Crippen LogP contribution in [0.25, 0.3) is 0 Å². The number of methoxy groups -OCH3 is 2. The first kappa shape index (κ1) is 22.4. The van der Waals surface area contributed by atoms with Crippen molar-refractivity contribution in [2.45, 2.75) is 0 Å². The minimum absolute atomic E-state index is 0.0448. The fourth-order valence-electron chi connectivity index (χ4n) is 2.23. The molecule has 2 N–H and O–H groups in total. The molecule has 0 bridgehead atoms. The summed E-state index contributed by atoms with van der Waals surface area (Å²) in [6.07, 6.45) is 0. The maximum Gasteiger partial charge on any atom is 0.345 e. The van der Waals surface area contributed by atoms with Gasteiger partial charge in [-0.2, -0.15) is 0 Å². The van der Waals surface area contributed by atoms with E-state index in [2.05, 4.69) is 10.9 Å². The van der Waals surface area contributed by atoms with E-state index < -0.39 is 40.6 Å². The van der Waals surface area contributed by atoms with Gasteiger partial charge in [-0.15, -0.1) is 0 Å². The molecule has 158 valence electrons. The Bertz CT molecular complexity index is 978. The molecule has 2 amide bonds. The number of nitro benzene ring substituents is 1. The van der Waals surface area contributed by atoms with Crippen molar-refractivity contribution in [1.82, 2.24) is 10.9 Å². The van der Waals surface area contributed by atoms with Crippen molar-refractivity contribution in [2.24, 2.45) is 0 Å². The van der Waals surface area contributed by atoms with Gasteiger partial charge in [-0.3, -0.25) is 30.6 Å². The highest BCUT2D eigenvalue weighted by molar-refractivity contribution is 6.30. The minimum Gasteiger partial charge on any atom is -0.493 e. The maximum absolute atomic E-state index is 12.2. The fourth-order valence-corrected chi connectivity index (χ4v) is 2.35. The van der Waals surface area contributed by atoms with Crippen molar-refractivity contribution in [1.29, 1.82) is 0 Å². The monoisotopic (exact) mass is 437 g/mol. The molecule has 0 aliphatic heterocycles. The smallest absolute Gasteiger partial charge is 0.345 e. The number of nitrogens with one attached hydrogen (secondary N) is 2. The number of hydrogen-bond donors (Lipinski definition) is 2. The van der Waals surface area contributed by atoms with E-state index in [0.29, 0.717) is 5.02 Å². The van der Waals surface area contributed by atoms with Gasteiger partial charge < -0.3 is 14.2 Å². The molecule has 0 aliphatic rings. The molecule has 0 spiro atoms. The van der Waals surface area contributed by atoms with Crippen LogP contribution in [0, 0.1) is 10.1 Å². The number of benzene rings is 2. The summed E-state index contributed by atoms with van der Waals surface area (Å²) in [5, 5.41) is 11.7. The Kier molecular flexibility index (Phi) is 7.53. The standard InChI is InChI=1S/C18H16ClN3O8/c1-28-14-7-12(13(22(26)27)8-15(14)29-2)18(25)30-9-16(23)20-21-17(24)10-3-5-11(19)6-4-10/h3-8H,9H2,1-2H3,(H,20,23)(H,21,24). The molecule has 0 unspecified atom stereocenters. The van der Waals surface area contributed by atoms with Crippen LogP contribution in [0.1, 0.15) is 20.7 Å². The number of ether oxygens (including phenoxy) is 3. The molecule has 30 heavy (non-hydrogen) atoms. The van der Waals surface area contributed by atoms with Gasteiger partial charge >= 0.3 is 5.97 Å². The van der Waals surface area contributed by atoms with Crippen LogP contribution in [-0.2, 0) is 9.53 Å². The second-order valence-electron chi connectivity index (χ2n) is 5.57. The number of nitrogens with zero attached hydrogens (tertiary/aromatic N) is 1. The third-order valence-corrected chi connectivity index (χ3v) is 3.93. The second-order valence-corrected chi connectivity index (χ2v) is 6.00. The van der Waals surface area contributed by atoms with E-state index in [-0.39, 0.29) is 17.1 Å². The first-order valence-electron chi connectivity index (χ1n) is 8.19. The van der Waals surface area contributed by atoms with Crippen molar-refractivity contribution in [3.05, 3.63) is 62.7 Å². The lowest BCUT2D eigenvalue weighted by Gasteiger charge is -2.11. The number of nitro groups is 1. The Morgan fingerprint density at radius 1 is 1.03 bits per heavy atom. The van der Waals surface area contributed by atoms with E-state index in [4.69, 9.17) is 25.8 Å². The van der Waals surface area contributed by atoms with Gasteiger partial charge in [-0.1, -0.05) is 11.6 Å². The normalized spacial score (nSPS) is 9.97. The maximum atomic E-state index is 12.2. The molecule has 12 heteroatoms. The number of halogens is 1. The first-order chi connectivity index (χ1) is 14.3. The van der Waals surface area contributed by atoms with Gasteiger partial charge in [0.1, 0.15) is 5.56 Å². The van der Waals surface area contributed by atoms with E-state index in [1.54, 1.807) is 0 Å². The Morgan fingerprint density at radius 3 is 2.20 bits per heavy atom. The van der Waals surface area contributed by atoms with E-state index in [0.717, 1.165) is 12.1 Å². The van der Waals surface area contributed by atoms with Crippen LogP contribution >= 0.6 is 11.6 Å². The summed E-state index contributed by atoms with van der Waals surface area (Å²) in [7, 11) is 2.57. The van der Waals surface area contributed by atoms with Gasteiger partial charge in [0.15, 0.2) is 18.1 Å². The number of carbonyl (C=O) groups is 3. The van der Waals surface area contributed by atoms with Crippen molar-refractivity contribution < 1.29 is 33.5 Å². The molecule has 0 atom stereocenters. The molecule has 0 aliphatic carbocycles. The number of amides is 2. The lowest BCUT2D eigenvalue weighted by Crippen LogP contribution is -2.43. The van der Waals surface area contributed by atoms with Gasteiger partial charge in [-0.25, -0.2) is 4.79 Å². The van der Waals surface area contributed by atoms with Crippen molar-refractivity contribution in [3.63, 3.8) is 0 Å². The number of carbonyl (C=O) groups excluding carboxylic acids is 3. The molecule has 0 aromatic heterocycles. The molecule has 11 nitrogen and oxygen atoms in total. The van der Waals surface area contributed by atoms with E-state index in [9.17, 15) is 24.5 Å². The predicted molar refractivity (Wildman–Crippen MR) is 104 cm³/mol. The average Bonchev–Trinajstić information content (AvgIpc) is 2.75. The topological polar surface area (TPSA) is 146 Å². The zero-order chi connectivity index (χ0) is 22.3. The molecule has 0 radical (unpaired) electrons. The van der Waals surface area contributed by atoms with Crippen LogP contribution < -0.4 is 20.3 Å². The van der Waals surface area contributed by atoms with E-state index in [1.165, 1.54) is 38.5 Å².